The van der Waals surface area contributed by atoms with Gasteiger partial charge in [0.25, 0.3) is 0 Å². The van der Waals surface area contributed by atoms with Gasteiger partial charge in [0.1, 0.15) is 0 Å². The molecule has 5 nitrogen and oxygen atoms in total. The van der Waals surface area contributed by atoms with Crippen LogP contribution < -0.4 is 5.73 Å². The lowest BCUT2D eigenvalue weighted by Crippen LogP contribution is -2.12. The van der Waals surface area contributed by atoms with Crippen molar-refractivity contribution >= 4 is 5.69 Å². The maximum atomic E-state index is 5.94. The van der Waals surface area contributed by atoms with Crippen molar-refractivity contribution in [2.75, 3.05) is 5.73 Å². The number of aryl methyl sites for hydroxylation is 2. The van der Waals surface area contributed by atoms with Gasteiger partial charge in [0.05, 0.1) is 0 Å². The molecule has 0 saturated heterocycles. The zero-order valence-electron chi connectivity index (χ0n) is 12.0. The molecular weight excluding hydrogens is 238 g/mol. The van der Waals surface area contributed by atoms with Crippen LogP contribution >= 0.6 is 0 Å². The van der Waals surface area contributed by atoms with E-state index in [4.69, 9.17) is 5.73 Å². The topological polar surface area (TPSA) is 69.6 Å². The maximum absolute atomic E-state index is 5.94. The van der Waals surface area contributed by atoms with Gasteiger partial charge in [0.2, 0.25) is 0 Å². The minimum absolute atomic E-state index is 0.259. The molecule has 1 aromatic heterocycles. The minimum Gasteiger partial charge on any atom is -0.398 e. The molecule has 2 rings (SSSR count). The van der Waals surface area contributed by atoms with Crippen LogP contribution in [0.4, 0.5) is 5.69 Å². The Kier molecular flexibility index (Phi) is 3.55. The third kappa shape index (κ3) is 3.30. The van der Waals surface area contributed by atoms with E-state index in [0.717, 1.165) is 35.6 Å². The van der Waals surface area contributed by atoms with Gasteiger partial charge in [-0.1, -0.05) is 32.9 Å². The Balaban J connectivity index is 2.26. The first-order chi connectivity index (χ1) is 8.87. The van der Waals surface area contributed by atoms with E-state index in [1.807, 2.05) is 29.8 Å². The van der Waals surface area contributed by atoms with Crippen molar-refractivity contribution in [3.8, 4) is 11.4 Å². The van der Waals surface area contributed by atoms with Crippen LogP contribution in [0.1, 0.15) is 32.8 Å². The van der Waals surface area contributed by atoms with Crippen molar-refractivity contribution in [2.45, 2.75) is 40.7 Å². The van der Waals surface area contributed by atoms with Crippen molar-refractivity contribution < 1.29 is 0 Å². The molecule has 0 bridgehead atoms. The van der Waals surface area contributed by atoms with Gasteiger partial charge in [-0.25, -0.2) is 4.68 Å². The minimum atomic E-state index is 0.259. The molecule has 0 aliphatic heterocycles. The molecule has 2 N–H and O–H groups in total. The molecule has 2 aromatic rings. The third-order valence-electron chi connectivity index (χ3n) is 3.14. The summed E-state index contributed by atoms with van der Waals surface area (Å²) in [6, 6.07) is 5.92. The third-order valence-corrected chi connectivity index (χ3v) is 3.14. The van der Waals surface area contributed by atoms with Gasteiger partial charge in [-0.15, -0.1) is 5.10 Å². The van der Waals surface area contributed by atoms with Crippen LogP contribution in [0.15, 0.2) is 18.2 Å². The van der Waals surface area contributed by atoms with Crippen molar-refractivity contribution in [1.82, 2.24) is 20.2 Å². The monoisotopic (exact) mass is 259 g/mol. The lowest BCUT2D eigenvalue weighted by atomic mass is 9.92. The van der Waals surface area contributed by atoms with Gasteiger partial charge in [0, 0.05) is 17.8 Å². The molecule has 0 aliphatic carbocycles. The molecule has 1 aromatic carbocycles. The van der Waals surface area contributed by atoms with Gasteiger partial charge in [-0.3, -0.25) is 0 Å². The number of nitrogens with two attached hydrogens (primary N) is 1. The number of tetrazole rings is 1. The first kappa shape index (κ1) is 13.5. The van der Waals surface area contributed by atoms with E-state index in [-0.39, 0.29) is 5.41 Å². The summed E-state index contributed by atoms with van der Waals surface area (Å²) in [4.78, 5) is 0. The van der Waals surface area contributed by atoms with E-state index in [1.54, 1.807) is 0 Å². The van der Waals surface area contributed by atoms with Crippen molar-refractivity contribution in [3.05, 3.63) is 23.8 Å². The van der Waals surface area contributed by atoms with Crippen molar-refractivity contribution in [3.63, 3.8) is 0 Å². The number of rotatable bonds is 3. The molecule has 0 spiro atoms. The normalized spacial score (nSPS) is 11.8. The fourth-order valence-corrected chi connectivity index (χ4v) is 1.78. The molecule has 0 atom stereocenters. The van der Waals surface area contributed by atoms with Crippen LogP contribution in [-0.2, 0) is 6.54 Å². The highest BCUT2D eigenvalue weighted by atomic mass is 15.5. The van der Waals surface area contributed by atoms with E-state index < -0.39 is 0 Å². The number of nitrogen functional groups attached to an aromatic ring is 1. The Bertz CT molecular complexity index is 565. The Morgan fingerprint density at radius 3 is 2.63 bits per heavy atom. The summed E-state index contributed by atoms with van der Waals surface area (Å²) < 4.78 is 1.84. The molecule has 0 radical (unpaired) electrons. The highest BCUT2D eigenvalue weighted by Crippen LogP contribution is 2.24. The Labute approximate surface area is 113 Å². The fourth-order valence-electron chi connectivity index (χ4n) is 1.78. The van der Waals surface area contributed by atoms with E-state index in [1.165, 1.54) is 0 Å². The zero-order chi connectivity index (χ0) is 14.0. The van der Waals surface area contributed by atoms with E-state index >= 15 is 0 Å². The van der Waals surface area contributed by atoms with Gasteiger partial charge in [0.15, 0.2) is 5.82 Å². The van der Waals surface area contributed by atoms with Crippen LogP contribution in [0.3, 0.4) is 0 Å². The van der Waals surface area contributed by atoms with Crippen LogP contribution in [0, 0.1) is 12.3 Å². The standard InChI is InChI=1S/C14H21N5/c1-10-5-6-11(9-12(10)15)13-16-17-18-19(13)8-7-14(2,3)4/h5-6,9H,7-8,15H2,1-4H3. The van der Waals surface area contributed by atoms with Gasteiger partial charge < -0.3 is 5.73 Å². The Morgan fingerprint density at radius 2 is 2.00 bits per heavy atom. The van der Waals surface area contributed by atoms with Crippen molar-refractivity contribution in [2.24, 2.45) is 5.41 Å². The average Bonchev–Trinajstić information content (AvgIpc) is 2.77. The Hall–Kier alpha value is -1.91. The first-order valence-corrected chi connectivity index (χ1v) is 6.49. The van der Waals surface area contributed by atoms with Crippen LogP contribution in [0.25, 0.3) is 11.4 Å². The molecule has 5 heteroatoms. The lowest BCUT2D eigenvalue weighted by Gasteiger charge is -2.17. The molecule has 0 aliphatic rings. The van der Waals surface area contributed by atoms with Gasteiger partial charge in [-0.05, 0) is 40.8 Å². The fraction of sp³-hybridized carbons (Fsp3) is 0.500. The smallest absolute Gasteiger partial charge is 0.182 e. The van der Waals surface area contributed by atoms with E-state index in [0.29, 0.717) is 0 Å². The summed E-state index contributed by atoms with van der Waals surface area (Å²) in [5, 5.41) is 11.9. The molecule has 0 amide bonds. The molecule has 0 fully saturated rings. The molecule has 0 saturated carbocycles. The highest BCUT2D eigenvalue weighted by Gasteiger charge is 2.14. The lowest BCUT2D eigenvalue weighted by molar-refractivity contribution is 0.340. The number of hydrogen-bond acceptors (Lipinski definition) is 4. The van der Waals surface area contributed by atoms with E-state index in [9.17, 15) is 0 Å². The molecule has 0 unspecified atom stereocenters. The second-order valence-corrected chi connectivity index (χ2v) is 6.11. The maximum Gasteiger partial charge on any atom is 0.182 e. The first-order valence-electron chi connectivity index (χ1n) is 6.49. The quantitative estimate of drug-likeness (QED) is 0.860. The number of nitrogens with zero attached hydrogens (tertiary/aromatic N) is 4. The molecule has 1 heterocycles. The van der Waals surface area contributed by atoms with Crippen molar-refractivity contribution in [1.29, 1.82) is 0 Å². The Morgan fingerprint density at radius 1 is 1.26 bits per heavy atom. The molecule has 19 heavy (non-hydrogen) atoms. The van der Waals surface area contributed by atoms with Crippen LogP contribution in [-0.4, -0.2) is 20.2 Å². The van der Waals surface area contributed by atoms with Crippen LogP contribution in [0.2, 0.25) is 0 Å². The summed E-state index contributed by atoms with van der Waals surface area (Å²) in [5.41, 5.74) is 9.00. The number of hydrogen-bond donors (Lipinski definition) is 1. The van der Waals surface area contributed by atoms with Gasteiger partial charge >= 0.3 is 0 Å². The number of aromatic nitrogens is 4. The number of anilines is 1. The second kappa shape index (κ2) is 4.99. The molecular formula is C14H21N5. The summed E-state index contributed by atoms with van der Waals surface area (Å²) in [6.45, 7) is 9.42. The second-order valence-electron chi connectivity index (χ2n) is 6.11. The average molecular weight is 259 g/mol. The largest absolute Gasteiger partial charge is 0.398 e. The van der Waals surface area contributed by atoms with E-state index in [2.05, 4.69) is 36.3 Å². The van der Waals surface area contributed by atoms with Gasteiger partial charge in [-0.2, -0.15) is 0 Å². The zero-order valence-corrected chi connectivity index (χ0v) is 12.0. The number of benzene rings is 1. The predicted octanol–water partition coefficient (Wildman–Crippen LogP) is 2.67. The van der Waals surface area contributed by atoms with Crippen LogP contribution in [0.5, 0.6) is 0 Å². The summed E-state index contributed by atoms with van der Waals surface area (Å²) in [7, 11) is 0. The highest BCUT2D eigenvalue weighted by molar-refractivity contribution is 5.63. The molecule has 102 valence electrons. The summed E-state index contributed by atoms with van der Waals surface area (Å²) in [5.74, 6) is 0.774. The summed E-state index contributed by atoms with van der Waals surface area (Å²) >= 11 is 0. The summed E-state index contributed by atoms with van der Waals surface area (Å²) in [6.07, 6.45) is 1.02. The predicted molar refractivity (Wildman–Crippen MR) is 76.5 cm³/mol. The SMILES string of the molecule is Cc1ccc(-c2nnnn2CCC(C)(C)C)cc1N.